The van der Waals surface area contributed by atoms with Crippen LogP contribution < -0.4 is 0 Å². The summed E-state index contributed by atoms with van der Waals surface area (Å²) in [5.74, 6) is 1.04. The minimum absolute atomic E-state index is 0.913. The highest BCUT2D eigenvalue weighted by Gasteiger charge is 2.13. The van der Waals surface area contributed by atoms with E-state index in [-0.39, 0.29) is 0 Å². The van der Waals surface area contributed by atoms with E-state index < -0.39 is 0 Å². The van der Waals surface area contributed by atoms with Gasteiger partial charge in [-0.1, -0.05) is 6.07 Å². The van der Waals surface area contributed by atoms with Crippen LogP contribution in [0.15, 0.2) is 22.8 Å². The van der Waals surface area contributed by atoms with Gasteiger partial charge < -0.3 is 4.90 Å². The van der Waals surface area contributed by atoms with E-state index in [1.54, 1.807) is 0 Å². The van der Waals surface area contributed by atoms with Crippen LogP contribution in [0.3, 0.4) is 0 Å². The molecule has 0 aliphatic carbocycles. The topological polar surface area (TPSA) is 33.4 Å². The molecule has 1 aliphatic rings. The first kappa shape index (κ1) is 11.2. The molecule has 0 atom stereocenters. The number of aromatic nitrogens is 3. The monoisotopic (exact) mass is 294 g/mol. The van der Waals surface area contributed by atoms with E-state index >= 15 is 0 Å². The molecule has 0 spiro atoms. The third-order valence-corrected chi connectivity index (χ3v) is 3.92. The van der Waals surface area contributed by atoms with Crippen molar-refractivity contribution < 1.29 is 0 Å². The lowest BCUT2D eigenvalue weighted by Crippen LogP contribution is -2.22. The lowest BCUT2D eigenvalue weighted by Gasteiger charge is -2.13. The van der Waals surface area contributed by atoms with Crippen LogP contribution in [-0.2, 0) is 6.42 Å². The van der Waals surface area contributed by atoms with Crippen molar-refractivity contribution in [2.75, 3.05) is 19.6 Å². The van der Waals surface area contributed by atoms with Crippen LogP contribution in [0.25, 0.3) is 5.65 Å². The highest BCUT2D eigenvalue weighted by molar-refractivity contribution is 9.10. The molecule has 0 amide bonds. The number of hydrogen-bond acceptors (Lipinski definition) is 3. The van der Waals surface area contributed by atoms with Crippen molar-refractivity contribution in [2.24, 2.45) is 0 Å². The van der Waals surface area contributed by atoms with Crippen molar-refractivity contribution in [3.05, 3.63) is 28.6 Å². The van der Waals surface area contributed by atoms with Gasteiger partial charge in [-0.15, -0.1) is 10.2 Å². The van der Waals surface area contributed by atoms with Gasteiger partial charge >= 0.3 is 0 Å². The van der Waals surface area contributed by atoms with Crippen molar-refractivity contribution in [1.29, 1.82) is 0 Å². The molecule has 4 nitrogen and oxygen atoms in total. The van der Waals surface area contributed by atoms with E-state index in [4.69, 9.17) is 0 Å². The molecule has 1 aliphatic heterocycles. The van der Waals surface area contributed by atoms with Crippen molar-refractivity contribution in [2.45, 2.75) is 19.3 Å². The number of pyridine rings is 1. The highest BCUT2D eigenvalue weighted by Crippen LogP contribution is 2.15. The van der Waals surface area contributed by atoms with Crippen LogP contribution >= 0.6 is 15.9 Å². The minimum atomic E-state index is 0.913. The zero-order valence-electron chi connectivity index (χ0n) is 9.64. The molecule has 0 bridgehead atoms. The van der Waals surface area contributed by atoms with Crippen molar-refractivity contribution in [3.63, 3.8) is 0 Å². The standard InChI is InChI=1S/C12H15BrN4/c13-10-4-3-5-11-14-15-12(17(10)11)6-9-16-7-1-2-8-16/h3-5H,1-2,6-9H2. The maximum atomic E-state index is 4.27. The van der Waals surface area contributed by atoms with E-state index in [1.807, 2.05) is 18.2 Å². The molecule has 2 aromatic rings. The first-order valence-electron chi connectivity index (χ1n) is 6.05. The number of likely N-dealkylation sites (tertiary alicyclic amines) is 1. The summed E-state index contributed by atoms with van der Waals surface area (Å²) in [6, 6.07) is 5.99. The fourth-order valence-corrected chi connectivity index (χ4v) is 2.92. The van der Waals surface area contributed by atoms with Crippen LogP contribution in [0.2, 0.25) is 0 Å². The Morgan fingerprint density at radius 3 is 2.82 bits per heavy atom. The van der Waals surface area contributed by atoms with Gasteiger partial charge in [0.25, 0.3) is 0 Å². The van der Waals surface area contributed by atoms with E-state index in [2.05, 4.69) is 35.4 Å². The summed E-state index contributed by atoms with van der Waals surface area (Å²) in [6.45, 7) is 3.55. The number of fused-ring (bicyclic) bond motifs is 1. The SMILES string of the molecule is Brc1cccc2nnc(CCN3CCCC3)n12. The Labute approximate surface area is 109 Å². The number of rotatable bonds is 3. The van der Waals surface area contributed by atoms with Gasteiger partial charge in [-0.3, -0.25) is 4.40 Å². The molecular formula is C12H15BrN4. The zero-order chi connectivity index (χ0) is 11.7. The molecule has 0 saturated carbocycles. The smallest absolute Gasteiger partial charge is 0.161 e. The van der Waals surface area contributed by atoms with Gasteiger partial charge in [0.2, 0.25) is 0 Å². The molecule has 0 radical (unpaired) electrons. The van der Waals surface area contributed by atoms with Crippen LogP contribution in [-0.4, -0.2) is 39.1 Å². The predicted molar refractivity (Wildman–Crippen MR) is 70.1 cm³/mol. The average Bonchev–Trinajstić information content (AvgIpc) is 2.95. The molecule has 2 aromatic heterocycles. The summed E-state index contributed by atoms with van der Waals surface area (Å²) in [6.07, 6.45) is 3.64. The first-order valence-corrected chi connectivity index (χ1v) is 6.85. The Morgan fingerprint density at radius 1 is 1.18 bits per heavy atom. The molecule has 3 heterocycles. The summed E-state index contributed by atoms with van der Waals surface area (Å²) < 4.78 is 3.10. The van der Waals surface area contributed by atoms with Crippen molar-refractivity contribution in [3.8, 4) is 0 Å². The number of nitrogens with zero attached hydrogens (tertiary/aromatic N) is 4. The summed E-state index contributed by atoms with van der Waals surface area (Å²) >= 11 is 3.55. The van der Waals surface area contributed by atoms with E-state index in [9.17, 15) is 0 Å². The average molecular weight is 295 g/mol. The van der Waals surface area contributed by atoms with E-state index in [0.717, 1.165) is 29.0 Å². The third kappa shape index (κ3) is 2.21. The third-order valence-electron chi connectivity index (χ3n) is 3.30. The first-order chi connectivity index (χ1) is 8.34. The second-order valence-corrected chi connectivity index (χ2v) is 5.27. The van der Waals surface area contributed by atoms with Crippen molar-refractivity contribution >= 4 is 21.6 Å². The molecule has 5 heteroatoms. The molecule has 0 unspecified atom stereocenters. The number of hydrogen-bond donors (Lipinski definition) is 0. The predicted octanol–water partition coefficient (Wildman–Crippen LogP) is 2.13. The van der Waals surface area contributed by atoms with Gasteiger partial charge in [0.1, 0.15) is 5.82 Å². The Balaban J connectivity index is 1.80. The van der Waals surface area contributed by atoms with Gasteiger partial charge in [-0.25, -0.2) is 0 Å². The Bertz CT molecular complexity index is 516. The Morgan fingerprint density at radius 2 is 2.00 bits per heavy atom. The van der Waals surface area contributed by atoms with Gasteiger partial charge in [0.15, 0.2) is 5.65 Å². The summed E-state index contributed by atoms with van der Waals surface area (Å²) in [7, 11) is 0. The quantitative estimate of drug-likeness (QED) is 0.813. The Kier molecular flexibility index (Phi) is 3.11. The van der Waals surface area contributed by atoms with Crippen LogP contribution in [0, 0.1) is 0 Å². The second kappa shape index (κ2) is 4.74. The van der Waals surface area contributed by atoms with Crippen LogP contribution in [0.4, 0.5) is 0 Å². The summed E-state index contributed by atoms with van der Waals surface area (Å²) in [5.41, 5.74) is 0.913. The van der Waals surface area contributed by atoms with Crippen LogP contribution in [0.5, 0.6) is 0 Å². The lowest BCUT2D eigenvalue weighted by molar-refractivity contribution is 0.340. The van der Waals surface area contributed by atoms with Crippen molar-refractivity contribution in [1.82, 2.24) is 19.5 Å². The van der Waals surface area contributed by atoms with Gasteiger partial charge in [0.05, 0.1) is 4.60 Å². The molecule has 17 heavy (non-hydrogen) atoms. The largest absolute Gasteiger partial charge is 0.303 e. The van der Waals surface area contributed by atoms with E-state index in [0.29, 0.717) is 0 Å². The lowest BCUT2D eigenvalue weighted by atomic mass is 10.3. The molecule has 0 N–H and O–H groups in total. The number of halogens is 1. The van der Waals surface area contributed by atoms with Gasteiger partial charge in [-0.05, 0) is 54.0 Å². The maximum absolute atomic E-state index is 4.27. The maximum Gasteiger partial charge on any atom is 0.161 e. The summed E-state index contributed by atoms with van der Waals surface area (Å²) in [4.78, 5) is 2.50. The van der Waals surface area contributed by atoms with E-state index in [1.165, 1.54) is 25.9 Å². The summed E-state index contributed by atoms with van der Waals surface area (Å²) in [5, 5.41) is 8.46. The van der Waals surface area contributed by atoms with Gasteiger partial charge in [0, 0.05) is 13.0 Å². The molecular weight excluding hydrogens is 280 g/mol. The molecule has 1 saturated heterocycles. The fourth-order valence-electron chi connectivity index (χ4n) is 2.39. The molecule has 3 rings (SSSR count). The Hall–Kier alpha value is -0.940. The fraction of sp³-hybridized carbons (Fsp3) is 0.500. The van der Waals surface area contributed by atoms with Gasteiger partial charge in [-0.2, -0.15) is 0 Å². The van der Waals surface area contributed by atoms with Crippen LogP contribution in [0.1, 0.15) is 18.7 Å². The molecule has 0 aromatic carbocycles. The minimum Gasteiger partial charge on any atom is -0.303 e. The molecule has 1 fully saturated rings. The highest BCUT2D eigenvalue weighted by atomic mass is 79.9. The molecule has 90 valence electrons. The second-order valence-electron chi connectivity index (χ2n) is 4.46. The zero-order valence-corrected chi connectivity index (χ0v) is 11.2. The normalized spacial score (nSPS) is 17.0.